The molecule has 0 atom stereocenters. The van der Waals surface area contributed by atoms with Crippen molar-refractivity contribution in [1.29, 1.82) is 0 Å². The average Bonchev–Trinajstić information content (AvgIpc) is 2.91. The molecular weight excluding hydrogens is 349 g/mol. The molecule has 1 aromatic heterocycles. The summed E-state index contributed by atoms with van der Waals surface area (Å²) in [7, 11) is 0. The van der Waals surface area contributed by atoms with Crippen molar-refractivity contribution >= 4 is 23.4 Å². The Morgan fingerprint density at radius 2 is 1.85 bits per heavy atom. The quantitative estimate of drug-likeness (QED) is 0.672. The molecule has 0 unspecified atom stereocenters. The Hall–Kier alpha value is -2.60. The van der Waals surface area contributed by atoms with Gasteiger partial charge in [-0.25, -0.2) is 9.07 Å². The van der Waals surface area contributed by atoms with Gasteiger partial charge in [-0.05, 0) is 56.5 Å². The Morgan fingerprint density at radius 1 is 1.15 bits per heavy atom. The maximum Gasteiger partial charge on any atom is 0.228 e. The zero-order valence-electron chi connectivity index (χ0n) is 14.9. The zero-order valence-corrected chi connectivity index (χ0v) is 15.7. The van der Waals surface area contributed by atoms with E-state index >= 15 is 0 Å². The summed E-state index contributed by atoms with van der Waals surface area (Å²) >= 11 is 1.59. The van der Waals surface area contributed by atoms with Gasteiger partial charge in [-0.3, -0.25) is 4.79 Å². The number of para-hydroxylation sites is 1. The summed E-state index contributed by atoms with van der Waals surface area (Å²) in [6, 6.07) is 13.9. The van der Waals surface area contributed by atoms with Crippen LogP contribution in [0.3, 0.4) is 0 Å². The minimum absolute atomic E-state index is 0.0867. The van der Waals surface area contributed by atoms with Crippen molar-refractivity contribution in [2.45, 2.75) is 25.2 Å². The Bertz CT molecular complexity index is 935. The van der Waals surface area contributed by atoms with Crippen LogP contribution in [0.4, 0.5) is 10.1 Å². The second-order valence-corrected chi connectivity index (χ2v) is 6.81. The summed E-state index contributed by atoms with van der Waals surface area (Å²) in [5.74, 6) is -0.376. The van der Waals surface area contributed by atoms with Crippen LogP contribution in [0.25, 0.3) is 5.69 Å². The number of nitrogens with zero attached hydrogens (tertiary/aromatic N) is 2. The zero-order chi connectivity index (χ0) is 18.7. The van der Waals surface area contributed by atoms with Crippen LogP contribution in [0.2, 0.25) is 0 Å². The Morgan fingerprint density at radius 3 is 2.54 bits per heavy atom. The van der Waals surface area contributed by atoms with Crippen molar-refractivity contribution in [2.75, 3.05) is 11.6 Å². The maximum atomic E-state index is 13.1. The third kappa shape index (κ3) is 3.80. The number of aryl methyl sites for hydroxylation is 1. The van der Waals surface area contributed by atoms with E-state index in [0.29, 0.717) is 0 Å². The number of carbonyl (C=O) groups is 1. The summed E-state index contributed by atoms with van der Waals surface area (Å²) in [6.07, 6.45) is 2.22. The van der Waals surface area contributed by atoms with Crippen LogP contribution in [0.5, 0.6) is 0 Å². The minimum atomic E-state index is -0.289. The molecule has 1 amide bonds. The van der Waals surface area contributed by atoms with Gasteiger partial charge in [0, 0.05) is 16.2 Å². The van der Waals surface area contributed by atoms with Gasteiger partial charge >= 0.3 is 0 Å². The van der Waals surface area contributed by atoms with E-state index in [-0.39, 0.29) is 18.1 Å². The third-order valence-corrected chi connectivity index (χ3v) is 5.03. The lowest BCUT2D eigenvalue weighted by Gasteiger charge is -2.09. The summed E-state index contributed by atoms with van der Waals surface area (Å²) in [5, 5.41) is 7.49. The molecule has 0 saturated heterocycles. The SMILES string of the molecule is CSc1ccccc1NC(=O)Cc1c(C)nn(-c2ccc(F)cc2)c1C. The van der Waals surface area contributed by atoms with Gasteiger partial charge in [0.15, 0.2) is 0 Å². The molecule has 1 N–H and O–H groups in total. The molecule has 0 aliphatic carbocycles. The van der Waals surface area contributed by atoms with Gasteiger partial charge in [0.2, 0.25) is 5.91 Å². The van der Waals surface area contributed by atoms with Crippen molar-refractivity contribution in [2.24, 2.45) is 0 Å². The van der Waals surface area contributed by atoms with Gasteiger partial charge < -0.3 is 5.32 Å². The minimum Gasteiger partial charge on any atom is -0.325 e. The van der Waals surface area contributed by atoms with Crippen LogP contribution in [-0.4, -0.2) is 21.9 Å². The topological polar surface area (TPSA) is 46.9 Å². The number of nitrogens with one attached hydrogen (secondary N) is 1. The predicted molar refractivity (Wildman–Crippen MR) is 104 cm³/mol. The Labute approximate surface area is 156 Å². The van der Waals surface area contributed by atoms with Gasteiger partial charge in [-0.2, -0.15) is 5.10 Å². The van der Waals surface area contributed by atoms with Crippen molar-refractivity contribution in [3.05, 3.63) is 71.3 Å². The van der Waals surface area contributed by atoms with Gasteiger partial charge in [0.25, 0.3) is 0 Å². The van der Waals surface area contributed by atoms with Gasteiger partial charge in [0.1, 0.15) is 5.82 Å². The highest BCUT2D eigenvalue weighted by atomic mass is 32.2. The molecule has 0 aliphatic heterocycles. The molecule has 4 nitrogen and oxygen atoms in total. The third-order valence-electron chi connectivity index (χ3n) is 4.23. The first-order valence-electron chi connectivity index (χ1n) is 8.23. The van der Waals surface area contributed by atoms with Gasteiger partial charge in [0.05, 0.1) is 23.5 Å². The molecule has 3 rings (SSSR count). The fourth-order valence-electron chi connectivity index (χ4n) is 2.87. The molecule has 2 aromatic carbocycles. The highest BCUT2D eigenvalue weighted by Gasteiger charge is 2.16. The van der Waals surface area contributed by atoms with Crippen LogP contribution < -0.4 is 5.32 Å². The van der Waals surface area contributed by atoms with Crippen LogP contribution in [0, 0.1) is 19.7 Å². The molecule has 134 valence electrons. The van der Waals surface area contributed by atoms with Crippen LogP contribution >= 0.6 is 11.8 Å². The number of amides is 1. The smallest absolute Gasteiger partial charge is 0.228 e. The summed E-state index contributed by atoms with van der Waals surface area (Å²) in [6.45, 7) is 3.80. The number of carbonyl (C=O) groups excluding carboxylic acids is 1. The van der Waals surface area contributed by atoms with E-state index in [4.69, 9.17) is 0 Å². The molecule has 1 heterocycles. The van der Waals surface area contributed by atoms with E-state index in [0.717, 1.165) is 33.2 Å². The first kappa shape index (κ1) is 18.2. The average molecular weight is 369 g/mol. The molecule has 0 saturated carbocycles. The predicted octanol–water partition coefficient (Wildman–Crippen LogP) is 4.53. The van der Waals surface area contributed by atoms with E-state index in [2.05, 4.69) is 10.4 Å². The van der Waals surface area contributed by atoms with Crippen molar-refractivity contribution in [3.63, 3.8) is 0 Å². The van der Waals surface area contributed by atoms with Crippen molar-refractivity contribution in [1.82, 2.24) is 9.78 Å². The highest BCUT2D eigenvalue weighted by Crippen LogP contribution is 2.25. The largest absolute Gasteiger partial charge is 0.325 e. The number of hydrogen-bond acceptors (Lipinski definition) is 3. The molecule has 6 heteroatoms. The van der Waals surface area contributed by atoms with Gasteiger partial charge in [-0.1, -0.05) is 12.1 Å². The second-order valence-electron chi connectivity index (χ2n) is 5.96. The summed E-state index contributed by atoms with van der Waals surface area (Å²) < 4.78 is 14.9. The van der Waals surface area contributed by atoms with Crippen molar-refractivity contribution in [3.8, 4) is 5.69 Å². The Balaban J connectivity index is 1.82. The number of benzene rings is 2. The molecule has 3 aromatic rings. The first-order valence-corrected chi connectivity index (χ1v) is 9.46. The fraction of sp³-hybridized carbons (Fsp3) is 0.200. The number of hydrogen-bond donors (Lipinski definition) is 1. The van der Waals surface area contributed by atoms with Crippen LogP contribution in [-0.2, 0) is 11.2 Å². The highest BCUT2D eigenvalue weighted by molar-refractivity contribution is 7.98. The number of anilines is 1. The molecule has 0 bridgehead atoms. The maximum absolute atomic E-state index is 13.1. The Kier molecular flexibility index (Phi) is 5.42. The lowest BCUT2D eigenvalue weighted by atomic mass is 10.1. The lowest BCUT2D eigenvalue weighted by Crippen LogP contribution is -2.16. The van der Waals surface area contributed by atoms with Gasteiger partial charge in [-0.15, -0.1) is 11.8 Å². The number of aromatic nitrogens is 2. The first-order chi connectivity index (χ1) is 12.5. The monoisotopic (exact) mass is 369 g/mol. The lowest BCUT2D eigenvalue weighted by molar-refractivity contribution is -0.115. The summed E-state index contributed by atoms with van der Waals surface area (Å²) in [4.78, 5) is 13.6. The van der Waals surface area contributed by atoms with Crippen LogP contribution in [0.1, 0.15) is 17.0 Å². The molecule has 0 spiro atoms. The standard InChI is InChI=1S/C20H20FN3OS/c1-13-17(12-20(25)22-18-6-4-5-7-19(18)26-3)14(2)24(23-13)16-10-8-15(21)9-11-16/h4-11H,12H2,1-3H3,(H,22,25). The molecule has 26 heavy (non-hydrogen) atoms. The molecule has 0 radical (unpaired) electrons. The second kappa shape index (κ2) is 7.74. The summed E-state index contributed by atoms with van der Waals surface area (Å²) in [5.41, 5.74) is 4.13. The number of halogens is 1. The fourth-order valence-corrected chi connectivity index (χ4v) is 3.42. The van der Waals surface area contributed by atoms with E-state index < -0.39 is 0 Å². The number of rotatable bonds is 5. The van der Waals surface area contributed by atoms with Crippen molar-refractivity contribution < 1.29 is 9.18 Å². The molecule has 0 fully saturated rings. The molecular formula is C20H20FN3OS. The molecule has 0 aliphatic rings. The van der Waals surface area contributed by atoms with E-state index in [1.165, 1.54) is 12.1 Å². The van der Waals surface area contributed by atoms with Crippen LogP contribution in [0.15, 0.2) is 53.4 Å². The van der Waals surface area contributed by atoms with E-state index in [1.54, 1.807) is 28.6 Å². The van der Waals surface area contributed by atoms with E-state index in [1.807, 2.05) is 44.4 Å². The normalized spacial score (nSPS) is 10.8. The number of thioether (sulfide) groups is 1. The van der Waals surface area contributed by atoms with E-state index in [9.17, 15) is 9.18 Å².